The van der Waals surface area contributed by atoms with E-state index >= 15 is 0 Å². The van der Waals surface area contributed by atoms with Crippen molar-refractivity contribution >= 4 is 11.8 Å². The van der Waals surface area contributed by atoms with E-state index in [-0.39, 0.29) is 0 Å². The van der Waals surface area contributed by atoms with Gasteiger partial charge in [-0.15, -0.1) is 5.10 Å². The van der Waals surface area contributed by atoms with Gasteiger partial charge >= 0.3 is 0 Å². The first-order chi connectivity index (χ1) is 9.75. The van der Waals surface area contributed by atoms with Crippen LogP contribution in [0.1, 0.15) is 50.3 Å². The standard InChI is InChI=1S/C13H17N5OS/c1-9(19)11-7-4-8-14-12(11)20-13-15-16-17-18(13)10-5-2-3-6-10/h4,7-10,19H,2-3,5-6H2,1H3/t9-/m0/s1. The van der Waals surface area contributed by atoms with Gasteiger partial charge in [0.1, 0.15) is 5.03 Å². The van der Waals surface area contributed by atoms with Gasteiger partial charge < -0.3 is 5.11 Å². The normalized spacial score (nSPS) is 17.5. The Kier molecular flexibility index (Phi) is 3.98. The van der Waals surface area contributed by atoms with Crippen LogP contribution < -0.4 is 0 Å². The second-order valence-electron chi connectivity index (χ2n) is 5.02. The Morgan fingerprint density at radius 3 is 2.95 bits per heavy atom. The molecule has 7 heteroatoms. The summed E-state index contributed by atoms with van der Waals surface area (Å²) in [7, 11) is 0. The molecule has 1 aliphatic rings. The summed E-state index contributed by atoms with van der Waals surface area (Å²) in [4.78, 5) is 4.34. The first-order valence-corrected chi connectivity index (χ1v) is 7.66. The molecule has 1 fully saturated rings. The predicted octanol–water partition coefficient (Wildman–Crippen LogP) is 2.39. The van der Waals surface area contributed by atoms with Gasteiger partial charge in [-0.05, 0) is 48.0 Å². The molecule has 0 bridgehead atoms. The Morgan fingerprint density at radius 2 is 2.20 bits per heavy atom. The van der Waals surface area contributed by atoms with E-state index in [2.05, 4.69) is 20.5 Å². The minimum absolute atomic E-state index is 0.395. The third-order valence-electron chi connectivity index (χ3n) is 3.57. The van der Waals surface area contributed by atoms with Crippen molar-refractivity contribution in [3.05, 3.63) is 23.9 Å². The van der Waals surface area contributed by atoms with Crippen LogP contribution in [0.5, 0.6) is 0 Å². The summed E-state index contributed by atoms with van der Waals surface area (Å²) in [6.45, 7) is 1.74. The highest BCUT2D eigenvalue weighted by molar-refractivity contribution is 7.99. The zero-order chi connectivity index (χ0) is 13.9. The SMILES string of the molecule is C[C@H](O)c1cccnc1Sc1nnnn1C1CCCC1. The van der Waals surface area contributed by atoms with Crippen LogP contribution in [-0.4, -0.2) is 30.3 Å². The summed E-state index contributed by atoms with van der Waals surface area (Å²) in [6, 6.07) is 4.10. The van der Waals surface area contributed by atoms with Crippen LogP contribution >= 0.6 is 11.8 Å². The summed E-state index contributed by atoms with van der Waals surface area (Å²) in [5.41, 5.74) is 0.804. The molecule has 0 radical (unpaired) electrons. The van der Waals surface area contributed by atoms with Gasteiger partial charge in [-0.3, -0.25) is 0 Å². The Bertz CT molecular complexity index is 580. The van der Waals surface area contributed by atoms with Crippen molar-refractivity contribution in [2.75, 3.05) is 0 Å². The lowest BCUT2D eigenvalue weighted by atomic mass is 10.2. The van der Waals surface area contributed by atoms with Gasteiger partial charge in [0.2, 0.25) is 5.16 Å². The lowest BCUT2D eigenvalue weighted by Gasteiger charge is -2.12. The number of pyridine rings is 1. The molecule has 0 amide bonds. The lowest BCUT2D eigenvalue weighted by Crippen LogP contribution is -2.08. The van der Waals surface area contributed by atoms with Crippen molar-refractivity contribution in [3.8, 4) is 0 Å². The molecule has 1 aliphatic carbocycles. The molecule has 0 aliphatic heterocycles. The highest BCUT2D eigenvalue weighted by Crippen LogP contribution is 2.35. The molecule has 2 aromatic rings. The van der Waals surface area contributed by atoms with Crippen LogP contribution in [0.15, 0.2) is 28.5 Å². The van der Waals surface area contributed by atoms with Crippen LogP contribution in [-0.2, 0) is 0 Å². The number of nitrogens with zero attached hydrogens (tertiary/aromatic N) is 5. The van der Waals surface area contributed by atoms with Crippen molar-refractivity contribution < 1.29 is 5.11 Å². The van der Waals surface area contributed by atoms with E-state index in [1.165, 1.54) is 24.6 Å². The summed E-state index contributed by atoms with van der Waals surface area (Å²) in [5.74, 6) is 0. The smallest absolute Gasteiger partial charge is 0.215 e. The molecule has 1 N–H and O–H groups in total. The lowest BCUT2D eigenvalue weighted by molar-refractivity contribution is 0.195. The van der Waals surface area contributed by atoms with E-state index in [1.54, 1.807) is 13.1 Å². The van der Waals surface area contributed by atoms with Crippen LogP contribution in [0.4, 0.5) is 0 Å². The average Bonchev–Trinajstić information content (AvgIpc) is 3.09. The molecule has 6 nitrogen and oxygen atoms in total. The third kappa shape index (κ3) is 2.69. The van der Waals surface area contributed by atoms with Crippen molar-refractivity contribution in [2.24, 2.45) is 0 Å². The summed E-state index contributed by atoms with van der Waals surface area (Å²) < 4.78 is 1.90. The van der Waals surface area contributed by atoms with Crippen LogP contribution in [0.3, 0.4) is 0 Å². The topological polar surface area (TPSA) is 76.7 Å². The van der Waals surface area contributed by atoms with Crippen molar-refractivity contribution in [1.29, 1.82) is 0 Å². The van der Waals surface area contributed by atoms with Gasteiger partial charge in [0.25, 0.3) is 0 Å². The fraction of sp³-hybridized carbons (Fsp3) is 0.538. The van der Waals surface area contributed by atoms with Gasteiger partial charge in [0, 0.05) is 11.8 Å². The largest absolute Gasteiger partial charge is 0.389 e. The Labute approximate surface area is 121 Å². The summed E-state index contributed by atoms with van der Waals surface area (Å²) in [6.07, 6.45) is 5.89. The molecule has 3 rings (SSSR count). The maximum atomic E-state index is 9.80. The van der Waals surface area contributed by atoms with Crippen molar-refractivity contribution in [3.63, 3.8) is 0 Å². The number of rotatable bonds is 4. The number of hydrogen-bond acceptors (Lipinski definition) is 6. The van der Waals surface area contributed by atoms with Crippen LogP contribution in [0, 0.1) is 0 Å². The van der Waals surface area contributed by atoms with Gasteiger partial charge in [-0.1, -0.05) is 18.9 Å². The molecule has 20 heavy (non-hydrogen) atoms. The molecule has 0 spiro atoms. The number of aromatic nitrogens is 5. The van der Waals surface area contributed by atoms with Gasteiger partial charge in [-0.25, -0.2) is 9.67 Å². The first kappa shape index (κ1) is 13.5. The second kappa shape index (κ2) is 5.88. The Hall–Kier alpha value is -1.47. The summed E-state index contributed by atoms with van der Waals surface area (Å²) >= 11 is 1.42. The second-order valence-corrected chi connectivity index (χ2v) is 5.98. The molecule has 1 saturated carbocycles. The fourth-order valence-electron chi connectivity index (χ4n) is 2.52. The highest BCUT2D eigenvalue weighted by Gasteiger charge is 2.23. The zero-order valence-electron chi connectivity index (χ0n) is 11.3. The maximum absolute atomic E-state index is 9.80. The van der Waals surface area contributed by atoms with E-state index < -0.39 is 6.10 Å². The molecular weight excluding hydrogens is 274 g/mol. The monoisotopic (exact) mass is 291 g/mol. The highest BCUT2D eigenvalue weighted by atomic mass is 32.2. The molecule has 106 valence electrons. The maximum Gasteiger partial charge on any atom is 0.215 e. The summed E-state index contributed by atoms with van der Waals surface area (Å²) in [5, 5.41) is 23.3. The van der Waals surface area contributed by atoms with E-state index in [1.807, 2.05) is 16.8 Å². The molecule has 1 atom stereocenters. The molecular formula is C13H17N5OS. The van der Waals surface area contributed by atoms with Crippen LogP contribution in [0.2, 0.25) is 0 Å². The van der Waals surface area contributed by atoms with E-state index in [4.69, 9.17) is 0 Å². The number of aliphatic hydroxyl groups excluding tert-OH is 1. The number of hydrogen-bond donors (Lipinski definition) is 1. The quantitative estimate of drug-likeness (QED) is 0.932. The van der Waals surface area contributed by atoms with Crippen molar-refractivity contribution in [2.45, 2.75) is 54.9 Å². The first-order valence-electron chi connectivity index (χ1n) is 6.84. The van der Waals surface area contributed by atoms with Gasteiger partial charge in [-0.2, -0.15) is 0 Å². The van der Waals surface area contributed by atoms with E-state index in [9.17, 15) is 5.11 Å². The van der Waals surface area contributed by atoms with Gasteiger partial charge in [0.05, 0.1) is 12.1 Å². The molecule has 2 heterocycles. The molecule has 0 aromatic carbocycles. The van der Waals surface area contributed by atoms with E-state index in [0.717, 1.165) is 28.6 Å². The molecule has 0 unspecified atom stereocenters. The van der Waals surface area contributed by atoms with Crippen LogP contribution in [0.25, 0.3) is 0 Å². The van der Waals surface area contributed by atoms with Crippen molar-refractivity contribution in [1.82, 2.24) is 25.2 Å². The third-order valence-corrected chi connectivity index (χ3v) is 4.56. The molecule has 0 saturated heterocycles. The Balaban J connectivity index is 1.87. The Morgan fingerprint density at radius 1 is 1.40 bits per heavy atom. The fourth-order valence-corrected chi connectivity index (χ4v) is 3.52. The van der Waals surface area contributed by atoms with E-state index in [0.29, 0.717) is 6.04 Å². The average molecular weight is 291 g/mol. The zero-order valence-corrected chi connectivity index (χ0v) is 12.1. The minimum atomic E-state index is -0.554. The predicted molar refractivity (Wildman–Crippen MR) is 74.3 cm³/mol. The molecule has 2 aromatic heterocycles. The number of tetrazole rings is 1. The number of aliphatic hydroxyl groups is 1. The van der Waals surface area contributed by atoms with Gasteiger partial charge in [0.15, 0.2) is 0 Å². The minimum Gasteiger partial charge on any atom is -0.389 e.